The number of unbranched alkanes of at least 4 members (excludes halogenated alkanes) is 2. The van der Waals surface area contributed by atoms with E-state index >= 15 is 0 Å². The maximum atomic E-state index is 13.8. The summed E-state index contributed by atoms with van der Waals surface area (Å²) in [5, 5.41) is 18.5. The molecule has 3 aromatic rings. The third kappa shape index (κ3) is 10.3. The number of carbonyl (C=O) groups is 4. The lowest BCUT2D eigenvalue weighted by atomic mass is 9.99. The number of hydrogen-bond acceptors (Lipinski definition) is 8. The molecule has 1 heterocycles. The van der Waals surface area contributed by atoms with Gasteiger partial charge >= 0.3 is 6.03 Å². The number of amides is 5. The highest BCUT2D eigenvalue weighted by Crippen LogP contribution is 2.31. The first kappa shape index (κ1) is 37.5. The number of rotatable bonds is 14. The largest absolute Gasteiger partial charge is 0.497 e. The highest BCUT2D eigenvalue weighted by molar-refractivity contribution is 6.00. The van der Waals surface area contributed by atoms with Crippen molar-refractivity contribution in [3.63, 3.8) is 0 Å². The summed E-state index contributed by atoms with van der Waals surface area (Å²) in [5.41, 5.74) is 8.25. The van der Waals surface area contributed by atoms with Crippen molar-refractivity contribution in [1.82, 2.24) is 9.80 Å². The van der Waals surface area contributed by atoms with E-state index in [0.29, 0.717) is 59.9 Å². The fraction of sp³-hybridized carbons (Fsp3) is 0.405. The van der Waals surface area contributed by atoms with Gasteiger partial charge in [0.05, 0.1) is 43.2 Å². The third-order valence-electron chi connectivity index (χ3n) is 8.63. The summed E-state index contributed by atoms with van der Waals surface area (Å²) in [5.74, 6) is 0.115. The number of nitrogens with one attached hydrogen (secondary N) is 3. The second-order valence-corrected chi connectivity index (χ2v) is 12.6. The van der Waals surface area contributed by atoms with Crippen LogP contribution in [0, 0.1) is 5.92 Å². The Hall–Kier alpha value is -5.30. The molecule has 0 aliphatic carbocycles. The van der Waals surface area contributed by atoms with Crippen LogP contribution in [0.25, 0.3) is 0 Å². The fourth-order valence-corrected chi connectivity index (χ4v) is 5.56. The minimum atomic E-state index is -0.491. The summed E-state index contributed by atoms with van der Waals surface area (Å²) in [6.07, 6.45) is 1.95. The van der Waals surface area contributed by atoms with Gasteiger partial charge in [0.25, 0.3) is 5.91 Å². The summed E-state index contributed by atoms with van der Waals surface area (Å²) in [6, 6.07) is 18.2. The number of aliphatic hydroxyl groups excluding tert-OH is 1. The molecular formula is C37H48N6O7. The number of aliphatic hydroxyl groups is 1. The van der Waals surface area contributed by atoms with E-state index in [1.807, 2.05) is 6.92 Å². The maximum absolute atomic E-state index is 13.8. The Balaban J connectivity index is 1.36. The van der Waals surface area contributed by atoms with Gasteiger partial charge in [-0.25, -0.2) is 4.79 Å². The summed E-state index contributed by atoms with van der Waals surface area (Å²) >= 11 is 0. The quantitative estimate of drug-likeness (QED) is 0.114. The van der Waals surface area contributed by atoms with Crippen molar-refractivity contribution in [2.24, 2.45) is 5.92 Å². The molecule has 13 nitrogen and oxygen atoms in total. The van der Waals surface area contributed by atoms with Crippen LogP contribution in [-0.4, -0.2) is 84.7 Å². The van der Waals surface area contributed by atoms with Gasteiger partial charge in [0.2, 0.25) is 11.8 Å². The fourth-order valence-electron chi connectivity index (χ4n) is 5.56. The van der Waals surface area contributed by atoms with E-state index in [9.17, 15) is 24.3 Å². The summed E-state index contributed by atoms with van der Waals surface area (Å²) in [7, 11) is 3.24. The molecule has 0 bridgehead atoms. The van der Waals surface area contributed by atoms with E-state index in [1.54, 1.807) is 92.7 Å². The van der Waals surface area contributed by atoms with Gasteiger partial charge in [-0.1, -0.05) is 25.5 Å². The molecule has 0 saturated carbocycles. The Morgan fingerprint density at radius 2 is 1.64 bits per heavy atom. The zero-order valence-corrected chi connectivity index (χ0v) is 29.1. The lowest BCUT2D eigenvalue weighted by molar-refractivity contribution is -0.116. The molecule has 6 N–H and O–H groups in total. The number of ether oxygens (including phenoxy) is 2. The SMILES string of the molecule is COc1ccc(NC(=O)N(C)C[C@H]2Oc3ccc(NC(=O)CCCCCC(=O)Nc4ccccc4N)cc3C(=O)N([C@H](C)CO)C[C@H]2C)cc1. The Kier molecular flexibility index (Phi) is 13.4. The number of likely N-dealkylation sites (N-methyl/N-ethyl adjacent to an activating group) is 1. The van der Waals surface area contributed by atoms with Crippen LogP contribution in [0.2, 0.25) is 0 Å². The molecule has 50 heavy (non-hydrogen) atoms. The van der Waals surface area contributed by atoms with Crippen LogP contribution < -0.4 is 31.2 Å². The molecule has 1 aliphatic heterocycles. The van der Waals surface area contributed by atoms with Crippen molar-refractivity contribution in [3.05, 3.63) is 72.3 Å². The van der Waals surface area contributed by atoms with Crippen LogP contribution in [0.4, 0.5) is 27.5 Å². The first-order valence-corrected chi connectivity index (χ1v) is 16.8. The van der Waals surface area contributed by atoms with E-state index in [0.717, 1.165) is 0 Å². The number of nitrogens with two attached hydrogens (primary N) is 1. The smallest absolute Gasteiger partial charge is 0.321 e. The molecule has 1 aliphatic rings. The average Bonchev–Trinajstić information content (AvgIpc) is 3.10. The van der Waals surface area contributed by atoms with Gasteiger partial charge in [0.15, 0.2) is 0 Å². The lowest BCUT2D eigenvalue weighted by Gasteiger charge is -2.38. The molecule has 268 valence electrons. The zero-order chi connectivity index (χ0) is 36.2. The first-order chi connectivity index (χ1) is 24.0. The van der Waals surface area contributed by atoms with Gasteiger partial charge in [0, 0.05) is 43.7 Å². The number of nitrogens with zero attached hydrogens (tertiary/aromatic N) is 2. The Morgan fingerprint density at radius 3 is 2.30 bits per heavy atom. The molecule has 0 saturated heterocycles. The Morgan fingerprint density at radius 1 is 0.980 bits per heavy atom. The lowest BCUT2D eigenvalue weighted by Crippen LogP contribution is -2.50. The molecule has 0 unspecified atom stereocenters. The highest BCUT2D eigenvalue weighted by atomic mass is 16.5. The zero-order valence-electron chi connectivity index (χ0n) is 29.1. The Bertz CT molecular complexity index is 1630. The molecule has 0 spiro atoms. The van der Waals surface area contributed by atoms with Gasteiger partial charge < -0.3 is 46.1 Å². The predicted octanol–water partition coefficient (Wildman–Crippen LogP) is 5.19. The maximum Gasteiger partial charge on any atom is 0.321 e. The second-order valence-electron chi connectivity index (χ2n) is 12.6. The van der Waals surface area contributed by atoms with Crippen LogP contribution in [0.5, 0.6) is 11.5 Å². The molecule has 3 aromatic carbocycles. The number of nitrogen functional groups attached to an aromatic ring is 1. The molecule has 5 amide bonds. The minimum Gasteiger partial charge on any atom is -0.497 e. The van der Waals surface area contributed by atoms with Gasteiger partial charge in [-0.3, -0.25) is 14.4 Å². The first-order valence-electron chi connectivity index (χ1n) is 16.8. The highest BCUT2D eigenvalue weighted by Gasteiger charge is 2.34. The average molecular weight is 689 g/mol. The van der Waals surface area contributed by atoms with E-state index in [-0.39, 0.29) is 61.4 Å². The number of hydrogen-bond donors (Lipinski definition) is 5. The monoisotopic (exact) mass is 688 g/mol. The van der Waals surface area contributed by atoms with Crippen molar-refractivity contribution in [2.45, 2.75) is 58.1 Å². The predicted molar refractivity (Wildman–Crippen MR) is 193 cm³/mol. The van der Waals surface area contributed by atoms with Crippen LogP contribution >= 0.6 is 0 Å². The number of urea groups is 1. The molecule has 0 radical (unpaired) electrons. The van der Waals surface area contributed by atoms with E-state index in [1.165, 1.54) is 4.90 Å². The summed E-state index contributed by atoms with van der Waals surface area (Å²) < 4.78 is 11.6. The molecule has 4 rings (SSSR count). The number of fused-ring (bicyclic) bond motifs is 1. The van der Waals surface area contributed by atoms with Crippen molar-refractivity contribution < 1.29 is 33.8 Å². The topological polar surface area (TPSA) is 176 Å². The number of para-hydroxylation sites is 2. The Labute approximate surface area is 293 Å². The van der Waals surface area contributed by atoms with E-state index in [2.05, 4.69) is 16.0 Å². The van der Waals surface area contributed by atoms with E-state index < -0.39 is 12.1 Å². The number of benzene rings is 3. The second kappa shape index (κ2) is 17.9. The van der Waals surface area contributed by atoms with Crippen molar-refractivity contribution in [3.8, 4) is 11.5 Å². The van der Waals surface area contributed by atoms with E-state index in [4.69, 9.17) is 15.2 Å². The summed E-state index contributed by atoms with van der Waals surface area (Å²) in [6.45, 7) is 3.98. The molecular weight excluding hydrogens is 640 g/mol. The van der Waals surface area contributed by atoms with Crippen LogP contribution in [0.1, 0.15) is 56.3 Å². The molecule has 13 heteroatoms. The third-order valence-corrected chi connectivity index (χ3v) is 8.63. The van der Waals surface area contributed by atoms with Crippen LogP contribution in [-0.2, 0) is 9.59 Å². The normalized spacial score (nSPS) is 16.2. The van der Waals surface area contributed by atoms with Crippen molar-refractivity contribution in [1.29, 1.82) is 0 Å². The standard InChI is InChI=1S/C37H48N6O7/c1-24-21-43(25(2)23-44)36(47)29-20-27(39-34(45)12-6-5-7-13-35(46)41-31-11-9-8-10-30(31)38)16-19-32(29)50-33(24)22-42(3)37(48)40-26-14-17-28(49-4)18-15-26/h8-11,14-20,24-25,33,44H,5-7,12-13,21-23,38H2,1-4H3,(H,39,45)(H,40,48)(H,41,46)/t24-,25-,33-/m1/s1. The van der Waals surface area contributed by atoms with Crippen molar-refractivity contribution in [2.75, 3.05) is 55.5 Å². The number of anilines is 4. The molecule has 0 fully saturated rings. The molecule has 0 aromatic heterocycles. The summed E-state index contributed by atoms with van der Waals surface area (Å²) in [4.78, 5) is 55.0. The molecule has 3 atom stereocenters. The van der Waals surface area contributed by atoms with Crippen LogP contribution in [0.3, 0.4) is 0 Å². The van der Waals surface area contributed by atoms with Gasteiger partial charge in [-0.2, -0.15) is 0 Å². The minimum absolute atomic E-state index is 0.135. The number of methoxy groups -OCH3 is 1. The van der Waals surface area contributed by atoms with Crippen LogP contribution in [0.15, 0.2) is 66.7 Å². The van der Waals surface area contributed by atoms with Crippen molar-refractivity contribution >= 4 is 46.5 Å². The van der Waals surface area contributed by atoms with Gasteiger partial charge in [-0.05, 0) is 74.4 Å². The number of carbonyl (C=O) groups excluding carboxylic acids is 4. The van der Waals surface area contributed by atoms with Gasteiger partial charge in [0.1, 0.15) is 17.6 Å². The van der Waals surface area contributed by atoms with Gasteiger partial charge in [-0.15, -0.1) is 0 Å².